The van der Waals surface area contributed by atoms with Gasteiger partial charge < -0.3 is 5.32 Å². The molecule has 0 saturated heterocycles. The summed E-state index contributed by atoms with van der Waals surface area (Å²) in [6.07, 6.45) is 0. The molecule has 0 bridgehead atoms. The molecule has 0 radical (unpaired) electrons. The Morgan fingerprint density at radius 2 is 2.31 bits per heavy atom. The predicted octanol–water partition coefficient (Wildman–Crippen LogP) is 4.16. The zero-order valence-corrected chi connectivity index (χ0v) is 12.0. The summed E-state index contributed by atoms with van der Waals surface area (Å²) in [7, 11) is 0. The summed E-state index contributed by atoms with van der Waals surface area (Å²) in [5.74, 6) is -0.121. The molecular formula is C10H7BrClNOS2. The number of hydrogen-bond donors (Lipinski definition) is 1. The number of amides is 1. The highest BCUT2D eigenvalue weighted by molar-refractivity contribution is 9.10. The third-order valence-corrected chi connectivity index (χ3v) is 4.91. The fourth-order valence-electron chi connectivity index (χ4n) is 1.15. The molecule has 6 heteroatoms. The van der Waals surface area contributed by atoms with Crippen molar-refractivity contribution in [2.45, 2.75) is 6.54 Å². The molecular weight excluding hydrogens is 330 g/mol. The Hall–Kier alpha value is -0.360. The van der Waals surface area contributed by atoms with Gasteiger partial charge in [-0.1, -0.05) is 11.6 Å². The van der Waals surface area contributed by atoms with Gasteiger partial charge in [0.2, 0.25) is 0 Å². The zero-order valence-electron chi connectivity index (χ0n) is 8.00. The number of halogens is 2. The molecule has 2 heterocycles. The van der Waals surface area contributed by atoms with Gasteiger partial charge in [-0.25, -0.2) is 0 Å². The van der Waals surface area contributed by atoms with Crippen molar-refractivity contribution in [2.75, 3.05) is 0 Å². The number of thiophene rings is 2. The lowest BCUT2D eigenvalue weighted by molar-refractivity contribution is 0.0955. The third kappa shape index (κ3) is 2.85. The summed E-state index contributed by atoms with van der Waals surface area (Å²) in [6, 6.07) is 3.71. The van der Waals surface area contributed by atoms with Crippen LogP contribution in [0.2, 0.25) is 5.02 Å². The Kier molecular flexibility index (Phi) is 4.02. The molecule has 0 fully saturated rings. The number of hydrogen-bond acceptors (Lipinski definition) is 3. The molecule has 2 nitrogen and oxygen atoms in total. The zero-order chi connectivity index (χ0) is 11.5. The lowest BCUT2D eigenvalue weighted by Crippen LogP contribution is -2.21. The van der Waals surface area contributed by atoms with E-state index in [1.807, 2.05) is 11.4 Å². The van der Waals surface area contributed by atoms with Crippen LogP contribution in [0.5, 0.6) is 0 Å². The first-order chi connectivity index (χ1) is 7.66. The van der Waals surface area contributed by atoms with Crippen molar-refractivity contribution in [1.29, 1.82) is 0 Å². The van der Waals surface area contributed by atoms with Crippen molar-refractivity contribution in [3.05, 3.63) is 42.1 Å². The first kappa shape index (κ1) is 12.1. The number of nitrogens with one attached hydrogen (secondary N) is 1. The third-order valence-electron chi connectivity index (χ3n) is 1.87. The van der Waals surface area contributed by atoms with Gasteiger partial charge >= 0.3 is 0 Å². The van der Waals surface area contributed by atoms with Crippen LogP contribution in [0.1, 0.15) is 14.5 Å². The van der Waals surface area contributed by atoms with Crippen molar-refractivity contribution in [1.82, 2.24) is 5.32 Å². The Morgan fingerprint density at radius 3 is 2.88 bits per heavy atom. The normalized spacial score (nSPS) is 10.4. The molecule has 1 amide bonds. The minimum absolute atomic E-state index is 0.121. The summed E-state index contributed by atoms with van der Waals surface area (Å²) in [6.45, 7) is 0.531. The van der Waals surface area contributed by atoms with Gasteiger partial charge in [0, 0.05) is 14.7 Å². The van der Waals surface area contributed by atoms with Gasteiger partial charge in [0.05, 0.1) is 11.6 Å². The second-order valence-corrected chi connectivity index (χ2v) is 6.25. The summed E-state index contributed by atoms with van der Waals surface area (Å²) in [5, 5.41) is 7.13. The molecule has 0 aliphatic carbocycles. The van der Waals surface area contributed by atoms with Crippen LogP contribution in [0.3, 0.4) is 0 Å². The molecule has 0 saturated carbocycles. The van der Waals surface area contributed by atoms with E-state index in [1.54, 1.807) is 22.8 Å². The topological polar surface area (TPSA) is 29.1 Å². The van der Waals surface area contributed by atoms with Crippen LogP contribution < -0.4 is 5.32 Å². The van der Waals surface area contributed by atoms with Crippen LogP contribution in [0.15, 0.2) is 27.4 Å². The van der Waals surface area contributed by atoms with Gasteiger partial charge in [-0.3, -0.25) is 4.79 Å². The fourth-order valence-corrected chi connectivity index (χ4v) is 3.60. The second-order valence-electron chi connectivity index (χ2n) is 3.01. The highest BCUT2D eigenvalue weighted by Gasteiger charge is 2.11. The van der Waals surface area contributed by atoms with Crippen LogP contribution >= 0.6 is 50.2 Å². The van der Waals surface area contributed by atoms with E-state index >= 15 is 0 Å². The van der Waals surface area contributed by atoms with Crippen LogP contribution in [0.25, 0.3) is 0 Å². The van der Waals surface area contributed by atoms with Gasteiger partial charge in [-0.05, 0) is 33.4 Å². The van der Waals surface area contributed by atoms with Crippen LogP contribution in [-0.4, -0.2) is 5.91 Å². The molecule has 2 rings (SSSR count). The lowest BCUT2D eigenvalue weighted by Gasteiger charge is -2.01. The van der Waals surface area contributed by atoms with Gasteiger partial charge in [-0.2, -0.15) is 0 Å². The van der Waals surface area contributed by atoms with Gasteiger partial charge in [-0.15, -0.1) is 22.7 Å². The van der Waals surface area contributed by atoms with E-state index in [4.69, 9.17) is 11.6 Å². The van der Waals surface area contributed by atoms with Gasteiger partial charge in [0.15, 0.2) is 0 Å². The summed E-state index contributed by atoms with van der Waals surface area (Å²) in [5.41, 5.74) is 0. The smallest absolute Gasteiger partial charge is 0.263 e. The average Bonchev–Trinajstić information content (AvgIpc) is 2.84. The minimum Gasteiger partial charge on any atom is -0.346 e. The van der Waals surface area contributed by atoms with Crippen LogP contribution in [0.4, 0.5) is 0 Å². The number of carbonyl (C=O) groups is 1. The first-order valence-electron chi connectivity index (χ1n) is 4.41. The quantitative estimate of drug-likeness (QED) is 0.896. The standard InChI is InChI=1S/C10H7BrClNOS2/c11-6-3-7(16-5-6)4-13-10(14)9-8(12)1-2-15-9/h1-3,5H,4H2,(H,13,14). The molecule has 0 unspecified atom stereocenters. The van der Waals surface area contributed by atoms with E-state index in [0.717, 1.165) is 9.35 Å². The number of carbonyl (C=O) groups excluding carboxylic acids is 1. The fraction of sp³-hybridized carbons (Fsp3) is 0.100. The van der Waals surface area contributed by atoms with Crippen molar-refractivity contribution >= 4 is 56.1 Å². The molecule has 1 N–H and O–H groups in total. The lowest BCUT2D eigenvalue weighted by atomic mass is 10.4. The van der Waals surface area contributed by atoms with Crippen LogP contribution in [0, 0.1) is 0 Å². The molecule has 2 aromatic rings. The van der Waals surface area contributed by atoms with Gasteiger partial charge in [0.25, 0.3) is 5.91 Å². The molecule has 0 aliphatic heterocycles. The summed E-state index contributed by atoms with van der Waals surface area (Å²) >= 11 is 12.2. The Bertz CT molecular complexity index is 508. The van der Waals surface area contributed by atoms with E-state index in [1.165, 1.54) is 11.3 Å². The average molecular weight is 337 g/mol. The van der Waals surface area contributed by atoms with E-state index < -0.39 is 0 Å². The first-order valence-corrected chi connectivity index (χ1v) is 7.34. The SMILES string of the molecule is O=C(NCc1cc(Br)cs1)c1sccc1Cl. The highest BCUT2D eigenvalue weighted by Crippen LogP contribution is 2.22. The van der Waals surface area contributed by atoms with E-state index in [-0.39, 0.29) is 5.91 Å². The molecule has 0 spiro atoms. The summed E-state index contributed by atoms with van der Waals surface area (Å²) in [4.78, 5) is 13.4. The molecule has 84 valence electrons. The minimum atomic E-state index is -0.121. The predicted molar refractivity (Wildman–Crippen MR) is 72.5 cm³/mol. The van der Waals surface area contributed by atoms with Crippen molar-refractivity contribution in [3.8, 4) is 0 Å². The number of rotatable bonds is 3. The molecule has 2 aromatic heterocycles. The molecule has 0 aromatic carbocycles. The Balaban J connectivity index is 1.96. The van der Waals surface area contributed by atoms with Crippen molar-refractivity contribution < 1.29 is 4.79 Å². The summed E-state index contributed by atoms with van der Waals surface area (Å²) < 4.78 is 1.04. The van der Waals surface area contributed by atoms with Crippen molar-refractivity contribution in [2.24, 2.45) is 0 Å². The Labute approximate surface area is 114 Å². The molecule has 0 atom stereocenters. The maximum absolute atomic E-state index is 11.7. The van der Waals surface area contributed by atoms with E-state index in [9.17, 15) is 4.79 Å². The molecule has 0 aliphatic rings. The maximum Gasteiger partial charge on any atom is 0.263 e. The van der Waals surface area contributed by atoms with Gasteiger partial charge in [0.1, 0.15) is 4.88 Å². The largest absolute Gasteiger partial charge is 0.346 e. The monoisotopic (exact) mass is 335 g/mol. The second kappa shape index (κ2) is 5.31. The molecule has 16 heavy (non-hydrogen) atoms. The van der Waals surface area contributed by atoms with Crippen molar-refractivity contribution in [3.63, 3.8) is 0 Å². The van der Waals surface area contributed by atoms with E-state index in [2.05, 4.69) is 21.2 Å². The highest BCUT2D eigenvalue weighted by atomic mass is 79.9. The van der Waals surface area contributed by atoms with Crippen LogP contribution in [-0.2, 0) is 6.54 Å². The maximum atomic E-state index is 11.7. The van der Waals surface area contributed by atoms with E-state index in [0.29, 0.717) is 16.4 Å². The Morgan fingerprint density at radius 1 is 1.50 bits per heavy atom.